The molecule has 0 spiro atoms. The maximum absolute atomic E-state index is 9.89. The van der Waals surface area contributed by atoms with Crippen LogP contribution in [0, 0.1) is 0 Å². The van der Waals surface area contributed by atoms with Gasteiger partial charge in [-0.3, -0.25) is 9.97 Å². The molecule has 0 aliphatic heterocycles. The summed E-state index contributed by atoms with van der Waals surface area (Å²) in [6.07, 6.45) is 11.6. The van der Waals surface area contributed by atoms with Gasteiger partial charge in [0.2, 0.25) is 0 Å². The van der Waals surface area contributed by atoms with E-state index in [1.807, 2.05) is 0 Å². The second-order valence-corrected chi connectivity index (χ2v) is 7.87. The van der Waals surface area contributed by atoms with Gasteiger partial charge in [-0.05, 0) is 68.2 Å². The molecule has 3 N–H and O–H groups in total. The molecule has 6 nitrogen and oxygen atoms in total. The molecule has 0 amide bonds. The lowest BCUT2D eigenvalue weighted by Gasteiger charge is -2.21. The first-order chi connectivity index (χ1) is 14.8. The molecule has 1 aliphatic carbocycles. The zero-order valence-electron chi connectivity index (χ0n) is 17.1. The van der Waals surface area contributed by atoms with E-state index in [2.05, 4.69) is 39.7 Å². The SMILES string of the molecule is ON=Cc1ncc(CCCCCNc2c3c(nc4ccccc24)CCCC3)cc1O. The first-order valence-corrected chi connectivity index (χ1v) is 10.8. The lowest BCUT2D eigenvalue weighted by Crippen LogP contribution is -2.12. The van der Waals surface area contributed by atoms with E-state index in [1.54, 1.807) is 12.3 Å². The van der Waals surface area contributed by atoms with E-state index in [9.17, 15) is 5.11 Å². The molecule has 0 radical (unpaired) electrons. The molecule has 30 heavy (non-hydrogen) atoms. The molecule has 2 aromatic heterocycles. The highest BCUT2D eigenvalue weighted by Gasteiger charge is 2.17. The highest BCUT2D eigenvalue weighted by molar-refractivity contribution is 5.93. The van der Waals surface area contributed by atoms with E-state index in [0.29, 0.717) is 0 Å². The van der Waals surface area contributed by atoms with E-state index >= 15 is 0 Å². The Morgan fingerprint density at radius 3 is 2.83 bits per heavy atom. The number of aromatic nitrogens is 2. The number of rotatable bonds is 8. The van der Waals surface area contributed by atoms with Crippen molar-refractivity contribution in [3.05, 3.63) is 59.0 Å². The number of anilines is 1. The van der Waals surface area contributed by atoms with Gasteiger partial charge < -0.3 is 15.6 Å². The molecular formula is C24H28N4O2. The van der Waals surface area contributed by atoms with Crippen LogP contribution < -0.4 is 5.32 Å². The van der Waals surface area contributed by atoms with Crippen molar-refractivity contribution in [3.8, 4) is 5.75 Å². The number of fused-ring (bicyclic) bond motifs is 2. The van der Waals surface area contributed by atoms with Gasteiger partial charge in [0.05, 0.1) is 11.7 Å². The van der Waals surface area contributed by atoms with Gasteiger partial charge in [-0.25, -0.2) is 0 Å². The maximum Gasteiger partial charge on any atom is 0.143 e. The Bertz CT molecular complexity index is 1050. The number of nitrogens with one attached hydrogen (secondary N) is 1. The van der Waals surface area contributed by atoms with Crippen LogP contribution in [0.2, 0.25) is 0 Å². The van der Waals surface area contributed by atoms with Gasteiger partial charge in [0, 0.05) is 29.5 Å². The van der Waals surface area contributed by atoms with Crippen LogP contribution in [0.25, 0.3) is 10.9 Å². The molecule has 0 bridgehead atoms. The van der Waals surface area contributed by atoms with Crippen molar-refractivity contribution in [3.63, 3.8) is 0 Å². The Morgan fingerprint density at radius 1 is 1.10 bits per heavy atom. The van der Waals surface area contributed by atoms with E-state index in [4.69, 9.17) is 10.2 Å². The zero-order chi connectivity index (χ0) is 20.8. The molecule has 2 heterocycles. The summed E-state index contributed by atoms with van der Waals surface area (Å²) in [7, 11) is 0. The number of unbranched alkanes of at least 4 members (excludes halogenated alkanes) is 2. The van der Waals surface area contributed by atoms with Crippen LogP contribution in [-0.2, 0) is 19.3 Å². The molecule has 0 saturated carbocycles. The first-order valence-electron chi connectivity index (χ1n) is 10.8. The van der Waals surface area contributed by atoms with Crippen LogP contribution in [-0.4, -0.2) is 33.0 Å². The summed E-state index contributed by atoms with van der Waals surface area (Å²) >= 11 is 0. The van der Waals surface area contributed by atoms with E-state index < -0.39 is 0 Å². The summed E-state index contributed by atoms with van der Waals surface area (Å²) in [6, 6.07) is 10.1. The predicted octanol–water partition coefficient (Wildman–Crippen LogP) is 4.85. The summed E-state index contributed by atoms with van der Waals surface area (Å²) in [5, 5.41) is 26.3. The number of hydrogen-bond acceptors (Lipinski definition) is 6. The van der Waals surface area contributed by atoms with Crippen LogP contribution in [0.5, 0.6) is 5.75 Å². The average Bonchev–Trinajstić information content (AvgIpc) is 2.77. The highest BCUT2D eigenvalue weighted by atomic mass is 16.4. The third kappa shape index (κ3) is 4.53. The fourth-order valence-corrected chi connectivity index (χ4v) is 4.22. The number of nitrogens with zero attached hydrogens (tertiary/aromatic N) is 3. The second kappa shape index (κ2) is 9.57. The van der Waals surface area contributed by atoms with Crippen molar-refractivity contribution < 1.29 is 10.3 Å². The summed E-state index contributed by atoms with van der Waals surface area (Å²) in [4.78, 5) is 9.02. The smallest absolute Gasteiger partial charge is 0.143 e. The fraction of sp³-hybridized carbons (Fsp3) is 0.375. The molecule has 4 rings (SSSR count). The number of hydrogen-bond donors (Lipinski definition) is 3. The topological polar surface area (TPSA) is 90.6 Å². The Hall–Kier alpha value is -3.15. The quantitative estimate of drug-likeness (QED) is 0.216. The number of aryl methyl sites for hydroxylation is 2. The van der Waals surface area contributed by atoms with Gasteiger partial charge in [-0.1, -0.05) is 29.8 Å². The van der Waals surface area contributed by atoms with Gasteiger partial charge in [0.15, 0.2) is 0 Å². The molecule has 0 unspecified atom stereocenters. The summed E-state index contributed by atoms with van der Waals surface area (Å²) < 4.78 is 0. The van der Waals surface area contributed by atoms with Crippen molar-refractivity contribution in [2.24, 2.45) is 5.16 Å². The van der Waals surface area contributed by atoms with Gasteiger partial charge in [-0.15, -0.1) is 0 Å². The lowest BCUT2D eigenvalue weighted by molar-refractivity contribution is 0.321. The number of oxime groups is 1. The maximum atomic E-state index is 9.89. The molecule has 0 atom stereocenters. The summed E-state index contributed by atoms with van der Waals surface area (Å²) in [5.74, 6) is 0.0429. The molecule has 1 aromatic carbocycles. The zero-order valence-corrected chi connectivity index (χ0v) is 17.1. The minimum absolute atomic E-state index is 0.0429. The average molecular weight is 405 g/mol. The van der Waals surface area contributed by atoms with Crippen LogP contribution in [0.4, 0.5) is 5.69 Å². The van der Waals surface area contributed by atoms with E-state index in [0.717, 1.165) is 62.4 Å². The highest BCUT2D eigenvalue weighted by Crippen LogP contribution is 2.33. The third-order valence-corrected chi connectivity index (χ3v) is 5.75. The first kappa shape index (κ1) is 20.1. The Morgan fingerprint density at radius 2 is 1.97 bits per heavy atom. The molecule has 0 saturated heterocycles. The fourth-order valence-electron chi connectivity index (χ4n) is 4.22. The molecule has 3 aromatic rings. The molecule has 6 heteroatoms. The van der Waals surface area contributed by atoms with Crippen molar-refractivity contribution in [1.82, 2.24) is 9.97 Å². The van der Waals surface area contributed by atoms with Crippen molar-refractivity contribution >= 4 is 22.8 Å². The number of para-hydroxylation sites is 1. The molecular weight excluding hydrogens is 376 g/mol. The Balaban J connectivity index is 1.32. The van der Waals surface area contributed by atoms with E-state index in [1.165, 1.54) is 35.2 Å². The normalized spacial score (nSPS) is 13.6. The van der Waals surface area contributed by atoms with E-state index in [-0.39, 0.29) is 11.4 Å². The number of pyridine rings is 2. The van der Waals surface area contributed by atoms with Crippen LogP contribution >= 0.6 is 0 Å². The van der Waals surface area contributed by atoms with Gasteiger partial charge in [0.1, 0.15) is 11.4 Å². The van der Waals surface area contributed by atoms with Crippen LogP contribution in [0.3, 0.4) is 0 Å². The molecule has 1 aliphatic rings. The van der Waals surface area contributed by atoms with Crippen LogP contribution in [0.1, 0.15) is 54.6 Å². The lowest BCUT2D eigenvalue weighted by atomic mass is 9.92. The number of aromatic hydroxyl groups is 1. The summed E-state index contributed by atoms with van der Waals surface area (Å²) in [6.45, 7) is 0.940. The van der Waals surface area contributed by atoms with Crippen molar-refractivity contribution in [2.75, 3.05) is 11.9 Å². The Kier molecular flexibility index (Phi) is 6.42. The molecule has 0 fully saturated rings. The van der Waals surface area contributed by atoms with Gasteiger partial charge in [-0.2, -0.15) is 0 Å². The standard InChI is InChI=1S/C24H28N4O2/c29-23-14-17(15-26-22(23)16-27-30)8-2-1-7-13-25-24-18-9-3-5-11-20(18)28-21-12-6-4-10-19(21)24/h3,5,9,11,14-16,29-30H,1-2,4,6-8,10,12-13H2,(H,25,28). The largest absolute Gasteiger partial charge is 0.506 e. The van der Waals surface area contributed by atoms with Crippen molar-refractivity contribution in [2.45, 2.75) is 51.4 Å². The van der Waals surface area contributed by atoms with Gasteiger partial charge in [0.25, 0.3) is 0 Å². The van der Waals surface area contributed by atoms with Crippen molar-refractivity contribution in [1.29, 1.82) is 0 Å². The third-order valence-electron chi connectivity index (χ3n) is 5.75. The minimum atomic E-state index is 0.0429. The monoisotopic (exact) mass is 404 g/mol. The molecule has 156 valence electrons. The Labute approximate surface area is 176 Å². The minimum Gasteiger partial charge on any atom is -0.506 e. The predicted molar refractivity (Wildman–Crippen MR) is 120 cm³/mol. The number of benzene rings is 1. The van der Waals surface area contributed by atoms with Gasteiger partial charge >= 0.3 is 0 Å². The summed E-state index contributed by atoms with van der Waals surface area (Å²) in [5.41, 5.74) is 6.31. The second-order valence-electron chi connectivity index (χ2n) is 7.87. The van der Waals surface area contributed by atoms with Crippen LogP contribution in [0.15, 0.2) is 41.7 Å².